The first-order valence-electron chi connectivity index (χ1n) is 4.04. The van der Waals surface area contributed by atoms with E-state index in [0.717, 1.165) is 17.3 Å². The summed E-state index contributed by atoms with van der Waals surface area (Å²) in [6.07, 6.45) is 3.90. The molecule has 0 N–H and O–H groups in total. The molecule has 0 aliphatic carbocycles. The van der Waals surface area contributed by atoms with E-state index in [9.17, 15) is 0 Å². The van der Waals surface area contributed by atoms with E-state index >= 15 is 0 Å². The van der Waals surface area contributed by atoms with E-state index in [1.165, 1.54) is 0 Å². The van der Waals surface area contributed by atoms with Gasteiger partial charge >= 0.3 is 0 Å². The fraction of sp³-hybridized carbons (Fsp3) is 0.556. The number of hydrogen-bond acceptors (Lipinski definition) is 3. The standard InChI is InChI=1S/C9H14N2S/c1-7(2)8-4-5-10-9(11-8)6-12-3/h4-5,7H,6H2,1-3H3. The van der Waals surface area contributed by atoms with Crippen LogP contribution in [0.4, 0.5) is 0 Å². The fourth-order valence-corrected chi connectivity index (χ4v) is 1.33. The van der Waals surface area contributed by atoms with Crippen molar-refractivity contribution in [2.75, 3.05) is 6.26 Å². The van der Waals surface area contributed by atoms with E-state index in [4.69, 9.17) is 0 Å². The van der Waals surface area contributed by atoms with E-state index in [-0.39, 0.29) is 0 Å². The molecule has 0 bridgehead atoms. The second-order valence-corrected chi connectivity index (χ2v) is 3.85. The average Bonchev–Trinajstić information content (AvgIpc) is 2.05. The van der Waals surface area contributed by atoms with Crippen molar-refractivity contribution in [1.29, 1.82) is 0 Å². The zero-order valence-electron chi connectivity index (χ0n) is 7.74. The summed E-state index contributed by atoms with van der Waals surface area (Å²) in [7, 11) is 0. The normalized spacial score (nSPS) is 10.7. The zero-order chi connectivity index (χ0) is 8.97. The third kappa shape index (κ3) is 2.48. The van der Waals surface area contributed by atoms with Crippen LogP contribution in [0, 0.1) is 0 Å². The van der Waals surface area contributed by atoms with Gasteiger partial charge in [0.25, 0.3) is 0 Å². The summed E-state index contributed by atoms with van der Waals surface area (Å²) in [5, 5.41) is 0. The Kier molecular flexibility index (Phi) is 3.53. The molecule has 66 valence electrons. The van der Waals surface area contributed by atoms with Crippen LogP contribution in [0.5, 0.6) is 0 Å². The molecule has 0 saturated heterocycles. The van der Waals surface area contributed by atoms with E-state index in [2.05, 4.69) is 30.1 Å². The van der Waals surface area contributed by atoms with Gasteiger partial charge in [0.05, 0.1) is 5.75 Å². The van der Waals surface area contributed by atoms with Gasteiger partial charge in [0, 0.05) is 11.9 Å². The van der Waals surface area contributed by atoms with Crippen molar-refractivity contribution in [3.63, 3.8) is 0 Å². The van der Waals surface area contributed by atoms with E-state index in [0.29, 0.717) is 5.92 Å². The Hall–Kier alpha value is -0.570. The highest BCUT2D eigenvalue weighted by molar-refractivity contribution is 7.97. The quantitative estimate of drug-likeness (QED) is 0.718. The van der Waals surface area contributed by atoms with Crippen LogP contribution in [-0.2, 0) is 5.75 Å². The molecule has 0 unspecified atom stereocenters. The lowest BCUT2D eigenvalue weighted by molar-refractivity contribution is 0.799. The van der Waals surface area contributed by atoms with E-state index < -0.39 is 0 Å². The molecule has 0 aromatic carbocycles. The molecule has 1 aromatic heterocycles. The first kappa shape index (κ1) is 9.52. The first-order chi connectivity index (χ1) is 5.74. The predicted molar refractivity (Wildman–Crippen MR) is 53.3 cm³/mol. The highest BCUT2D eigenvalue weighted by Crippen LogP contribution is 2.11. The van der Waals surface area contributed by atoms with Gasteiger partial charge in [0.15, 0.2) is 0 Å². The van der Waals surface area contributed by atoms with Crippen LogP contribution in [0.15, 0.2) is 12.3 Å². The molecule has 0 fully saturated rings. The summed E-state index contributed by atoms with van der Waals surface area (Å²) in [6, 6.07) is 1.98. The third-order valence-electron chi connectivity index (χ3n) is 1.59. The maximum absolute atomic E-state index is 4.43. The zero-order valence-corrected chi connectivity index (χ0v) is 8.56. The Morgan fingerprint density at radius 1 is 1.50 bits per heavy atom. The highest BCUT2D eigenvalue weighted by Gasteiger charge is 2.01. The predicted octanol–water partition coefficient (Wildman–Crippen LogP) is 2.46. The number of rotatable bonds is 3. The van der Waals surface area contributed by atoms with Crippen molar-refractivity contribution >= 4 is 11.8 Å². The summed E-state index contributed by atoms with van der Waals surface area (Å²) in [5.74, 6) is 2.34. The van der Waals surface area contributed by atoms with Crippen LogP contribution in [0.1, 0.15) is 31.3 Å². The van der Waals surface area contributed by atoms with Crippen LogP contribution < -0.4 is 0 Å². The SMILES string of the molecule is CSCc1nccc(C(C)C)n1. The van der Waals surface area contributed by atoms with Gasteiger partial charge in [-0.2, -0.15) is 11.8 Å². The lowest BCUT2D eigenvalue weighted by Crippen LogP contribution is -1.98. The summed E-state index contributed by atoms with van der Waals surface area (Å²) >= 11 is 1.75. The minimum Gasteiger partial charge on any atom is -0.240 e. The molecule has 0 radical (unpaired) electrons. The van der Waals surface area contributed by atoms with Gasteiger partial charge in [-0.25, -0.2) is 9.97 Å². The van der Waals surface area contributed by atoms with E-state index in [1.54, 1.807) is 11.8 Å². The molecule has 0 aliphatic rings. The van der Waals surface area contributed by atoms with Crippen LogP contribution in [0.2, 0.25) is 0 Å². The van der Waals surface area contributed by atoms with Gasteiger partial charge in [-0.1, -0.05) is 13.8 Å². The molecular formula is C9H14N2S. The molecule has 12 heavy (non-hydrogen) atoms. The van der Waals surface area contributed by atoms with Gasteiger partial charge in [0.1, 0.15) is 5.82 Å². The number of thioether (sulfide) groups is 1. The van der Waals surface area contributed by atoms with Gasteiger partial charge in [0.2, 0.25) is 0 Å². The summed E-state index contributed by atoms with van der Waals surface area (Å²) in [6.45, 7) is 4.29. The van der Waals surface area contributed by atoms with Gasteiger partial charge in [-0.3, -0.25) is 0 Å². The lowest BCUT2D eigenvalue weighted by atomic mass is 10.1. The highest BCUT2D eigenvalue weighted by atomic mass is 32.2. The largest absolute Gasteiger partial charge is 0.240 e. The Labute approximate surface area is 77.8 Å². The van der Waals surface area contributed by atoms with Gasteiger partial charge in [-0.05, 0) is 18.2 Å². The van der Waals surface area contributed by atoms with Crippen LogP contribution in [0.3, 0.4) is 0 Å². The van der Waals surface area contributed by atoms with E-state index in [1.807, 2.05) is 12.3 Å². The van der Waals surface area contributed by atoms with Crippen molar-refractivity contribution in [1.82, 2.24) is 9.97 Å². The Morgan fingerprint density at radius 2 is 2.25 bits per heavy atom. The Balaban J connectivity index is 2.81. The maximum Gasteiger partial charge on any atom is 0.138 e. The summed E-state index contributed by atoms with van der Waals surface area (Å²) < 4.78 is 0. The maximum atomic E-state index is 4.43. The van der Waals surface area contributed by atoms with Crippen molar-refractivity contribution in [3.8, 4) is 0 Å². The second-order valence-electron chi connectivity index (χ2n) is 2.99. The summed E-state index contributed by atoms with van der Waals surface area (Å²) in [5.41, 5.74) is 1.13. The van der Waals surface area contributed by atoms with Crippen molar-refractivity contribution in [2.45, 2.75) is 25.5 Å². The molecule has 1 aromatic rings. The van der Waals surface area contributed by atoms with Gasteiger partial charge < -0.3 is 0 Å². The Morgan fingerprint density at radius 3 is 2.83 bits per heavy atom. The van der Waals surface area contributed by atoms with Crippen molar-refractivity contribution < 1.29 is 0 Å². The minimum absolute atomic E-state index is 0.494. The molecule has 0 atom stereocenters. The molecule has 1 rings (SSSR count). The van der Waals surface area contributed by atoms with Crippen LogP contribution in [0.25, 0.3) is 0 Å². The molecule has 0 amide bonds. The minimum atomic E-state index is 0.494. The first-order valence-corrected chi connectivity index (χ1v) is 5.44. The second kappa shape index (κ2) is 4.45. The van der Waals surface area contributed by atoms with Gasteiger partial charge in [-0.15, -0.1) is 0 Å². The number of aromatic nitrogens is 2. The fourth-order valence-electron chi connectivity index (χ4n) is 0.935. The molecule has 0 spiro atoms. The van der Waals surface area contributed by atoms with Crippen LogP contribution >= 0.6 is 11.8 Å². The Bertz CT molecular complexity index is 248. The van der Waals surface area contributed by atoms with Crippen molar-refractivity contribution in [3.05, 3.63) is 23.8 Å². The smallest absolute Gasteiger partial charge is 0.138 e. The molecule has 0 saturated carbocycles. The van der Waals surface area contributed by atoms with Crippen molar-refractivity contribution in [2.24, 2.45) is 0 Å². The number of nitrogens with zero attached hydrogens (tertiary/aromatic N) is 2. The monoisotopic (exact) mass is 182 g/mol. The number of hydrogen-bond donors (Lipinski definition) is 0. The third-order valence-corrected chi connectivity index (χ3v) is 2.14. The average molecular weight is 182 g/mol. The molecule has 3 heteroatoms. The molecule has 0 aliphatic heterocycles. The molecule has 1 heterocycles. The summed E-state index contributed by atoms with van der Waals surface area (Å²) in [4.78, 5) is 8.61. The molecule has 2 nitrogen and oxygen atoms in total. The molecular weight excluding hydrogens is 168 g/mol. The lowest BCUT2D eigenvalue weighted by Gasteiger charge is -2.04. The van der Waals surface area contributed by atoms with Crippen LogP contribution in [-0.4, -0.2) is 16.2 Å². The topological polar surface area (TPSA) is 25.8 Å².